The van der Waals surface area contributed by atoms with Crippen LogP contribution in [0.2, 0.25) is 0 Å². The molecule has 0 radical (unpaired) electrons. The fraction of sp³-hybridized carbons (Fsp3) is 0.278. The molecule has 0 fully saturated rings. The van der Waals surface area contributed by atoms with Crippen LogP contribution in [0.4, 0.5) is 11.5 Å². The van der Waals surface area contributed by atoms with E-state index in [1.165, 1.54) is 5.56 Å². The Bertz CT molecular complexity index is 944. The van der Waals surface area contributed by atoms with E-state index in [0.717, 1.165) is 28.6 Å². The van der Waals surface area contributed by atoms with Crippen LogP contribution in [0, 0.1) is 6.92 Å². The summed E-state index contributed by atoms with van der Waals surface area (Å²) in [5, 5.41) is 8.84. The highest BCUT2D eigenvalue weighted by Crippen LogP contribution is 2.36. The van der Waals surface area contributed by atoms with Gasteiger partial charge in [0, 0.05) is 12.3 Å². The summed E-state index contributed by atoms with van der Waals surface area (Å²) in [6.07, 6.45) is 1.98. The minimum atomic E-state index is 0.250. The Kier molecular flexibility index (Phi) is 3.45. The van der Waals surface area contributed by atoms with Gasteiger partial charge in [0.05, 0.1) is 11.4 Å². The molecule has 0 saturated carbocycles. The molecule has 0 amide bonds. The van der Waals surface area contributed by atoms with Crippen LogP contribution in [0.15, 0.2) is 46.8 Å². The van der Waals surface area contributed by atoms with Crippen LogP contribution in [0.1, 0.15) is 31.0 Å². The van der Waals surface area contributed by atoms with Crippen molar-refractivity contribution in [1.82, 2.24) is 9.38 Å². The second-order valence-corrected chi connectivity index (χ2v) is 6.15. The lowest BCUT2D eigenvalue weighted by molar-refractivity contribution is 0.174. The molecule has 122 valence electrons. The Hall–Kier alpha value is -2.89. The molecule has 6 heteroatoms. The standard InChI is InChI=1S/C18H18N4O2/c1-11(2)17-18(22-7-6-12(3)8-16(22)19-17)21-20-13-4-5-14-15(9-13)24-10-23-14/h4-9,11H,10H2,1-3H3. The highest BCUT2D eigenvalue weighted by molar-refractivity contribution is 5.55. The van der Waals surface area contributed by atoms with Crippen LogP contribution in [-0.2, 0) is 0 Å². The zero-order chi connectivity index (χ0) is 16.7. The number of ether oxygens (including phenoxy) is 2. The smallest absolute Gasteiger partial charge is 0.231 e. The molecule has 24 heavy (non-hydrogen) atoms. The molecule has 1 aromatic carbocycles. The number of benzene rings is 1. The number of aromatic nitrogens is 2. The number of hydrogen-bond acceptors (Lipinski definition) is 5. The van der Waals surface area contributed by atoms with Crippen molar-refractivity contribution in [2.75, 3.05) is 6.79 Å². The monoisotopic (exact) mass is 322 g/mol. The van der Waals surface area contributed by atoms with Gasteiger partial charge in [-0.25, -0.2) is 4.98 Å². The SMILES string of the molecule is Cc1ccn2c(N=Nc3ccc4c(c3)OCO4)c(C(C)C)nc2c1. The van der Waals surface area contributed by atoms with Gasteiger partial charge in [-0.05, 0) is 42.7 Å². The van der Waals surface area contributed by atoms with Crippen LogP contribution < -0.4 is 9.47 Å². The molecule has 0 spiro atoms. The van der Waals surface area contributed by atoms with Crippen molar-refractivity contribution < 1.29 is 9.47 Å². The van der Waals surface area contributed by atoms with E-state index in [-0.39, 0.29) is 12.7 Å². The van der Waals surface area contributed by atoms with Crippen molar-refractivity contribution in [1.29, 1.82) is 0 Å². The van der Waals surface area contributed by atoms with Gasteiger partial charge in [-0.1, -0.05) is 13.8 Å². The van der Waals surface area contributed by atoms with Crippen molar-refractivity contribution >= 4 is 17.2 Å². The fourth-order valence-corrected chi connectivity index (χ4v) is 2.69. The molecule has 1 aliphatic heterocycles. The number of rotatable bonds is 3. The Morgan fingerprint density at radius 2 is 1.92 bits per heavy atom. The third kappa shape index (κ3) is 2.50. The number of aryl methyl sites for hydroxylation is 1. The van der Waals surface area contributed by atoms with E-state index in [2.05, 4.69) is 31.0 Å². The molecule has 0 unspecified atom stereocenters. The summed E-state index contributed by atoms with van der Waals surface area (Å²) in [5.41, 5.74) is 3.71. The summed E-state index contributed by atoms with van der Waals surface area (Å²) in [7, 11) is 0. The van der Waals surface area contributed by atoms with Gasteiger partial charge in [-0.2, -0.15) is 0 Å². The number of hydrogen-bond donors (Lipinski definition) is 0. The van der Waals surface area contributed by atoms with E-state index < -0.39 is 0 Å². The number of imidazole rings is 1. The Morgan fingerprint density at radius 1 is 1.08 bits per heavy atom. The molecule has 3 aromatic rings. The zero-order valence-electron chi connectivity index (χ0n) is 13.9. The normalized spacial score (nSPS) is 13.5. The maximum absolute atomic E-state index is 5.38. The van der Waals surface area contributed by atoms with E-state index >= 15 is 0 Å². The summed E-state index contributed by atoms with van der Waals surface area (Å²) in [4.78, 5) is 4.71. The highest BCUT2D eigenvalue weighted by Gasteiger charge is 2.16. The molecule has 3 heterocycles. The van der Waals surface area contributed by atoms with E-state index in [1.807, 2.05) is 40.9 Å². The van der Waals surface area contributed by atoms with Crippen LogP contribution in [0.5, 0.6) is 11.5 Å². The molecular formula is C18H18N4O2. The average molecular weight is 322 g/mol. The molecule has 0 bridgehead atoms. The third-order valence-corrected chi connectivity index (χ3v) is 3.95. The van der Waals surface area contributed by atoms with Crippen LogP contribution in [0.3, 0.4) is 0 Å². The lowest BCUT2D eigenvalue weighted by Crippen LogP contribution is -1.92. The van der Waals surface area contributed by atoms with Gasteiger partial charge in [0.15, 0.2) is 17.3 Å². The average Bonchev–Trinajstić information content (AvgIpc) is 3.16. The fourth-order valence-electron chi connectivity index (χ4n) is 2.69. The molecule has 0 aliphatic carbocycles. The predicted octanol–water partition coefficient (Wildman–Crippen LogP) is 4.91. The first-order valence-corrected chi connectivity index (χ1v) is 7.92. The second-order valence-electron chi connectivity index (χ2n) is 6.15. The Morgan fingerprint density at radius 3 is 2.75 bits per heavy atom. The summed E-state index contributed by atoms with van der Waals surface area (Å²) >= 11 is 0. The number of azo groups is 1. The minimum absolute atomic E-state index is 0.250. The Balaban J connectivity index is 1.77. The van der Waals surface area contributed by atoms with Gasteiger partial charge in [0.25, 0.3) is 0 Å². The molecule has 4 rings (SSSR count). The molecule has 0 N–H and O–H groups in total. The predicted molar refractivity (Wildman–Crippen MR) is 90.8 cm³/mol. The topological polar surface area (TPSA) is 60.5 Å². The zero-order valence-corrected chi connectivity index (χ0v) is 13.9. The van der Waals surface area contributed by atoms with Crippen molar-refractivity contribution in [2.24, 2.45) is 10.2 Å². The first kappa shape index (κ1) is 14.7. The van der Waals surface area contributed by atoms with Crippen molar-refractivity contribution in [3.63, 3.8) is 0 Å². The molecule has 2 aromatic heterocycles. The van der Waals surface area contributed by atoms with Gasteiger partial charge in [-0.15, -0.1) is 10.2 Å². The number of pyridine rings is 1. The molecule has 6 nitrogen and oxygen atoms in total. The van der Waals surface area contributed by atoms with E-state index in [9.17, 15) is 0 Å². The quantitative estimate of drug-likeness (QED) is 0.644. The summed E-state index contributed by atoms with van der Waals surface area (Å²) in [6.45, 7) is 6.51. The Labute approximate surface area is 139 Å². The summed E-state index contributed by atoms with van der Waals surface area (Å²) in [6, 6.07) is 9.62. The lowest BCUT2D eigenvalue weighted by Gasteiger charge is -2.02. The van der Waals surface area contributed by atoms with Crippen molar-refractivity contribution in [2.45, 2.75) is 26.7 Å². The van der Waals surface area contributed by atoms with E-state index in [4.69, 9.17) is 14.5 Å². The highest BCUT2D eigenvalue weighted by atomic mass is 16.7. The van der Waals surface area contributed by atoms with E-state index in [0.29, 0.717) is 5.75 Å². The molecule has 1 aliphatic rings. The van der Waals surface area contributed by atoms with Crippen molar-refractivity contribution in [3.8, 4) is 11.5 Å². The number of nitrogens with zero attached hydrogens (tertiary/aromatic N) is 4. The van der Waals surface area contributed by atoms with Gasteiger partial charge in [-0.3, -0.25) is 4.40 Å². The van der Waals surface area contributed by atoms with Gasteiger partial charge in [0.1, 0.15) is 5.65 Å². The van der Waals surface area contributed by atoms with Gasteiger partial charge >= 0.3 is 0 Å². The maximum Gasteiger partial charge on any atom is 0.231 e. The first-order chi connectivity index (χ1) is 11.6. The van der Waals surface area contributed by atoms with Crippen LogP contribution >= 0.6 is 0 Å². The summed E-state index contributed by atoms with van der Waals surface area (Å²) in [5.74, 6) is 2.46. The lowest BCUT2D eigenvalue weighted by atomic mass is 10.1. The largest absolute Gasteiger partial charge is 0.454 e. The van der Waals surface area contributed by atoms with Gasteiger partial charge in [0.2, 0.25) is 6.79 Å². The summed E-state index contributed by atoms with van der Waals surface area (Å²) < 4.78 is 12.7. The second kappa shape index (κ2) is 5.63. The number of fused-ring (bicyclic) bond motifs is 2. The minimum Gasteiger partial charge on any atom is -0.454 e. The first-order valence-electron chi connectivity index (χ1n) is 7.92. The molecule has 0 saturated heterocycles. The van der Waals surface area contributed by atoms with Crippen LogP contribution in [-0.4, -0.2) is 16.2 Å². The molecule has 0 atom stereocenters. The van der Waals surface area contributed by atoms with Crippen LogP contribution in [0.25, 0.3) is 5.65 Å². The third-order valence-electron chi connectivity index (χ3n) is 3.95. The maximum atomic E-state index is 5.38. The van der Waals surface area contributed by atoms with Gasteiger partial charge < -0.3 is 9.47 Å². The molecular weight excluding hydrogens is 304 g/mol. The van der Waals surface area contributed by atoms with Crippen molar-refractivity contribution in [3.05, 3.63) is 47.8 Å². The van der Waals surface area contributed by atoms with E-state index in [1.54, 1.807) is 0 Å².